The number of hydrogen-bond donors (Lipinski definition) is 1. The molecule has 0 spiro atoms. The van der Waals surface area contributed by atoms with E-state index in [4.69, 9.17) is 5.73 Å². The predicted octanol–water partition coefficient (Wildman–Crippen LogP) is 0.986. The number of carbonyl (C=O) groups excluding carboxylic acids is 2. The van der Waals surface area contributed by atoms with E-state index in [2.05, 4.69) is 9.88 Å². The lowest BCUT2D eigenvalue weighted by Gasteiger charge is -2.32. The van der Waals surface area contributed by atoms with Crippen LogP contribution in [0.1, 0.15) is 30.1 Å². The van der Waals surface area contributed by atoms with Gasteiger partial charge in [0, 0.05) is 25.2 Å². The summed E-state index contributed by atoms with van der Waals surface area (Å²) in [5.74, 6) is 0.644. The summed E-state index contributed by atoms with van der Waals surface area (Å²) in [6.07, 6.45) is 3.42. The van der Waals surface area contributed by atoms with Crippen LogP contribution in [0.4, 0.5) is 5.82 Å². The molecular weight excluding hydrogens is 230 g/mol. The molecule has 1 aromatic rings. The maximum atomic E-state index is 11.4. The molecule has 0 bridgehead atoms. The number of Topliss-reactive ketones (excluding diaryl/α,β-unsaturated/α-hetero) is 1. The first-order valence-electron chi connectivity index (χ1n) is 6.09. The predicted molar refractivity (Wildman–Crippen MR) is 68.4 cm³/mol. The standard InChI is InChI=1S/C13H17N3O2/c1-9(17)11-3-2-6-16(8-11)12-5-4-10(7-15-12)13(14)18/h4-5,7,11H,2-3,6,8H2,1H3,(H2,14,18). The van der Waals surface area contributed by atoms with Gasteiger partial charge >= 0.3 is 0 Å². The third-order valence-electron chi connectivity index (χ3n) is 3.35. The van der Waals surface area contributed by atoms with E-state index in [1.807, 2.05) is 0 Å². The molecule has 2 rings (SSSR count). The van der Waals surface area contributed by atoms with Crippen molar-refractivity contribution in [3.63, 3.8) is 0 Å². The lowest BCUT2D eigenvalue weighted by atomic mass is 9.94. The summed E-state index contributed by atoms with van der Waals surface area (Å²) < 4.78 is 0. The van der Waals surface area contributed by atoms with Crippen LogP contribution in [-0.2, 0) is 4.79 Å². The van der Waals surface area contributed by atoms with Gasteiger partial charge < -0.3 is 10.6 Å². The highest BCUT2D eigenvalue weighted by Gasteiger charge is 2.23. The molecule has 1 atom stereocenters. The number of carbonyl (C=O) groups is 2. The first-order valence-corrected chi connectivity index (χ1v) is 6.09. The van der Waals surface area contributed by atoms with E-state index < -0.39 is 5.91 Å². The van der Waals surface area contributed by atoms with Crippen molar-refractivity contribution in [2.45, 2.75) is 19.8 Å². The molecule has 2 heterocycles. The van der Waals surface area contributed by atoms with Gasteiger partial charge in [0.05, 0.1) is 5.56 Å². The number of nitrogens with zero attached hydrogens (tertiary/aromatic N) is 2. The summed E-state index contributed by atoms with van der Waals surface area (Å²) in [5, 5.41) is 0. The van der Waals surface area contributed by atoms with Gasteiger partial charge in [-0.15, -0.1) is 0 Å². The Balaban J connectivity index is 2.11. The Hall–Kier alpha value is -1.91. The molecule has 18 heavy (non-hydrogen) atoms. The first-order chi connectivity index (χ1) is 8.58. The molecule has 1 aliphatic heterocycles. The topological polar surface area (TPSA) is 76.3 Å². The Morgan fingerprint density at radius 3 is 2.78 bits per heavy atom. The third kappa shape index (κ3) is 2.67. The highest BCUT2D eigenvalue weighted by Crippen LogP contribution is 2.22. The highest BCUT2D eigenvalue weighted by molar-refractivity contribution is 5.92. The van der Waals surface area contributed by atoms with Crippen molar-refractivity contribution in [1.29, 1.82) is 0 Å². The van der Waals surface area contributed by atoms with E-state index in [1.165, 1.54) is 6.20 Å². The number of piperidine rings is 1. The van der Waals surface area contributed by atoms with Crippen molar-refractivity contribution < 1.29 is 9.59 Å². The van der Waals surface area contributed by atoms with E-state index in [-0.39, 0.29) is 11.7 Å². The molecule has 1 saturated heterocycles. The van der Waals surface area contributed by atoms with Gasteiger partial charge in [-0.05, 0) is 31.9 Å². The lowest BCUT2D eigenvalue weighted by molar-refractivity contribution is -0.120. The van der Waals surface area contributed by atoms with Gasteiger partial charge in [0.1, 0.15) is 11.6 Å². The Bertz CT molecular complexity index is 456. The summed E-state index contributed by atoms with van der Waals surface area (Å²) in [7, 11) is 0. The molecule has 0 aromatic carbocycles. The third-order valence-corrected chi connectivity index (χ3v) is 3.35. The number of anilines is 1. The van der Waals surface area contributed by atoms with Gasteiger partial charge in [-0.25, -0.2) is 4.98 Å². The highest BCUT2D eigenvalue weighted by atomic mass is 16.1. The minimum absolute atomic E-state index is 0.0939. The first kappa shape index (κ1) is 12.5. The lowest BCUT2D eigenvalue weighted by Crippen LogP contribution is -2.38. The van der Waals surface area contributed by atoms with Gasteiger partial charge in [0.15, 0.2) is 0 Å². The molecule has 1 aromatic heterocycles. The Morgan fingerprint density at radius 2 is 2.22 bits per heavy atom. The number of ketones is 1. The Kier molecular flexibility index (Phi) is 3.60. The van der Waals surface area contributed by atoms with E-state index in [9.17, 15) is 9.59 Å². The van der Waals surface area contributed by atoms with E-state index in [0.717, 1.165) is 25.2 Å². The van der Waals surface area contributed by atoms with Crippen LogP contribution in [0.25, 0.3) is 0 Å². The molecule has 0 saturated carbocycles. The van der Waals surface area contributed by atoms with Gasteiger partial charge in [-0.1, -0.05) is 0 Å². The van der Waals surface area contributed by atoms with Crippen LogP contribution in [0.5, 0.6) is 0 Å². The van der Waals surface area contributed by atoms with Gasteiger partial charge in [0.2, 0.25) is 5.91 Å². The molecule has 1 unspecified atom stereocenters. The fourth-order valence-electron chi connectivity index (χ4n) is 2.24. The van der Waals surface area contributed by atoms with Crippen LogP contribution in [0.15, 0.2) is 18.3 Å². The van der Waals surface area contributed by atoms with Crippen molar-refractivity contribution >= 4 is 17.5 Å². The van der Waals surface area contributed by atoms with Gasteiger partial charge in [-0.2, -0.15) is 0 Å². The molecule has 1 aliphatic rings. The van der Waals surface area contributed by atoms with Crippen molar-refractivity contribution in [2.24, 2.45) is 11.7 Å². The number of nitrogens with two attached hydrogens (primary N) is 1. The average molecular weight is 247 g/mol. The normalized spacial score (nSPS) is 19.6. The maximum absolute atomic E-state index is 11.4. The Labute approximate surface area is 106 Å². The number of hydrogen-bond acceptors (Lipinski definition) is 4. The number of aromatic nitrogens is 1. The molecule has 0 radical (unpaired) electrons. The second-order valence-corrected chi connectivity index (χ2v) is 4.67. The minimum atomic E-state index is -0.477. The van der Waals surface area contributed by atoms with Gasteiger partial charge in [-0.3, -0.25) is 9.59 Å². The molecule has 2 N–H and O–H groups in total. The summed E-state index contributed by atoms with van der Waals surface area (Å²) in [4.78, 5) is 28.7. The summed E-state index contributed by atoms with van der Waals surface area (Å²) >= 11 is 0. The maximum Gasteiger partial charge on any atom is 0.250 e. The van der Waals surface area contributed by atoms with Crippen LogP contribution >= 0.6 is 0 Å². The number of primary amides is 1. The number of rotatable bonds is 3. The molecule has 5 nitrogen and oxygen atoms in total. The fourth-order valence-corrected chi connectivity index (χ4v) is 2.24. The summed E-state index contributed by atoms with van der Waals surface area (Å²) in [6.45, 7) is 3.24. The van der Waals surface area contributed by atoms with Crippen molar-refractivity contribution in [3.05, 3.63) is 23.9 Å². The molecule has 5 heteroatoms. The van der Waals surface area contributed by atoms with Crippen LogP contribution < -0.4 is 10.6 Å². The van der Waals surface area contributed by atoms with Crippen LogP contribution in [0.2, 0.25) is 0 Å². The smallest absolute Gasteiger partial charge is 0.250 e. The van der Waals surface area contributed by atoms with E-state index >= 15 is 0 Å². The number of pyridine rings is 1. The van der Waals surface area contributed by atoms with Crippen molar-refractivity contribution in [1.82, 2.24) is 4.98 Å². The molecule has 1 amide bonds. The second-order valence-electron chi connectivity index (χ2n) is 4.67. The van der Waals surface area contributed by atoms with E-state index in [1.54, 1.807) is 19.1 Å². The summed E-state index contributed by atoms with van der Waals surface area (Å²) in [5.41, 5.74) is 5.57. The monoisotopic (exact) mass is 247 g/mol. The van der Waals surface area contributed by atoms with E-state index in [0.29, 0.717) is 12.1 Å². The number of amides is 1. The molecule has 96 valence electrons. The zero-order valence-corrected chi connectivity index (χ0v) is 10.4. The summed E-state index contributed by atoms with van der Waals surface area (Å²) in [6, 6.07) is 3.45. The van der Waals surface area contributed by atoms with Crippen molar-refractivity contribution in [3.8, 4) is 0 Å². The Morgan fingerprint density at radius 1 is 1.44 bits per heavy atom. The van der Waals surface area contributed by atoms with Gasteiger partial charge in [0.25, 0.3) is 0 Å². The molecule has 1 fully saturated rings. The molecule has 0 aliphatic carbocycles. The van der Waals surface area contributed by atoms with Crippen molar-refractivity contribution in [2.75, 3.05) is 18.0 Å². The fraction of sp³-hybridized carbons (Fsp3) is 0.462. The average Bonchev–Trinajstić information content (AvgIpc) is 2.39. The van der Waals surface area contributed by atoms with Crippen LogP contribution in [0, 0.1) is 5.92 Å². The van der Waals surface area contributed by atoms with Crippen LogP contribution in [0.3, 0.4) is 0 Å². The quantitative estimate of drug-likeness (QED) is 0.864. The largest absolute Gasteiger partial charge is 0.366 e. The zero-order valence-electron chi connectivity index (χ0n) is 10.4. The zero-order chi connectivity index (χ0) is 13.1. The minimum Gasteiger partial charge on any atom is -0.366 e. The second kappa shape index (κ2) is 5.16. The molecular formula is C13H17N3O2. The SMILES string of the molecule is CC(=O)C1CCCN(c2ccc(C(N)=O)cn2)C1. The van der Waals surface area contributed by atoms with Crippen LogP contribution in [-0.4, -0.2) is 29.8 Å².